The normalized spacial score (nSPS) is 16.0. The first-order valence-electron chi connectivity index (χ1n) is 5.56. The summed E-state index contributed by atoms with van der Waals surface area (Å²) in [5, 5.41) is 13.9. The van der Waals surface area contributed by atoms with E-state index >= 15 is 0 Å². The van der Waals surface area contributed by atoms with Crippen molar-refractivity contribution in [2.24, 2.45) is 5.92 Å². The maximum absolute atomic E-state index is 10.6. The highest BCUT2D eigenvalue weighted by molar-refractivity contribution is 5.77. The average Bonchev–Trinajstić information content (AvgIpc) is 2.64. The van der Waals surface area contributed by atoms with Gasteiger partial charge in [-0.3, -0.25) is 10.1 Å². The molecule has 0 aliphatic carbocycles. The molecule has 1 saturated heterocycles. The second kappa shape index (κ2) is 3.81. The topological polar surface area (TPSA) is 83.8 Å². The van der Waals surface area contributed by atoms with Gasteiger partial charge in [0.25, 0.3) is 5.69 Å². The minimum absolute atomic E-state index is 0.0954. The van der Waals surface area contributed by atoms with E-state index in [4.69, 9.17) is 0 Å². The summed E-state index contributed by atoms with van der Waals surface area (Å²) in [5.74, 6) is 1.54. The maximum atomic E-state index is 10.6. The Hall–Kier alpha value is -1.95. The lowest BCUT2D eigenvalue weighted by atomic mass is 9.99. The number of nitrogens with one attached hydrogen (secondary N) is 2. The molecule has 1 aliphatic rings. The van der Waals surface area contributed by atoms with Crippen LogP contribution in [0.1, 0.15) is 5.82 Å². The number of H-pyrrole nitrogens is 1. The standard InChI is InChI=1S/C11H12N4O2/c16-15(17)8-1-2-9-10(4-8)14-11(13-9)3-7-5-12-6-7/h1-2,4,7,12H,3,5-6H2,(H,13,14). The van der Waals surface area contributed by atoms with Gasteiger partial charge >= 0.3 is 0 Å². The number of nitro benzene ring substituents is 1. The molecule has 17 heavy (non-hydrogen) atoms. The van der Waals surface area contributed by atoms with Crippen LogP contribution in [0.3, 0.4) is 0 Å². The van der Waals surface area contributed by atoms with Gasteiger partial charge < -0.3 is 10.3 Å². The lowest BCUT2D eigenvalue weighted by Crippen LogP contribution is -2.43. The van der Waals surface area contributed by atoms with Crippen molar-refractivity contribution in [1.29, 1.82) is 0 Å². The third kappa shape index (κ3) is 1.87. The van der Waals surface area contributed by atoms with Gasteiger partial charge in [-0.25, -0.2) is 4.98 Å². The number of hydrogen-bond acceptors (Lipinski definition) is 4. The largest absolute Gasteiger partial charge is 0.342 e. The molecule has 88 valence electrons. The van der Waals surface area contributed by atoms with Gasteiger partial charge in [-0.05, 0) is 25.1 Å². The Morgan fingerprint density at radius 3 is 2.94 bits per heavy atom. The highest BCUT2D eigenvalue weighted by Crippen LogP contribution is 2.20. The molecule has 1 aliphatic heterocycles. The molecule has 0 radical (unpaired) electrons. The fourth-order valence-corrected chi connectivity index (χ4v) is 2.03. The lowest BCUT2D eigenvalue weighted by molar-refractivity contribution is -0.384. The Morgan fingerprint density at radius 2 is 2.29 bits per heavy atom. The first kappa shape index (κ1) is 10.2. The molecule has 2 aromatic rings. The number of benzene rings is 1. The number of aromatic nitrogens is 2. The highest BCUT2D eigenvalue weighted by atomic mass is 16.6. The second-order valence-electron chi connectivity index (χ2n) is 4.37. The molecular formula is C11H12N4O2. The van der Waals surface area contributed by atoms with Crippen LogP contribution in [-0.2, 0) is 6.42 Å². The van der Waals surface area contributed by atoms with Crippen molar-refractivity contribution in [1.82, 2.24) is 15.3 Å². The molecule has 1 aromatic heterocycles. The number of nitrogens with zero attached hydrogens (tertiary/aromatic N) is 2. The summed E-state index contributed by atoms with van der Waals surface area (Å²) in [6.07, 6.45) is 0.898. The third-order valence-electron chi connectivity index (χ3n) is 3.07. The van der Waals surface area contributed by atoms with Gasteiger partial charge in [0.1, 0.15) is 5.82 Å². The highest BCUT2D eigenvalue weighted by Gasteiger charge is 2.19. The monoisotopic (exact) mass is 232 g/mol. The fourth-order valence-electron chi connectivity index (χ4n) is 2.03. The summed E-state index contributed by atoms with van der Waals surface area (Å²) in [6.45, 7) is 2.05. The van der Waals surface area contributed by atoms with E-state index in [9.17, 15) is 10.1 Å². The first-order chi connectivity index (χ1) is 8.22. The van der Waals surface area contributed by atoms with E-state index in [2.05, 4.69) is 15.3 Å². The lowest BCUT2D eigenvalue weighted by Gasteiger charge is -2.25. The van der Waals surface area contributed by atoms with E-state index in [0.29, 0.717) is 5.92 Å². The van der Waals surface area contributed by atoms with Crippen LogP contribution in [0.5, 0.6) is 0 Å². The predicted octanol–water partition coefficient (Wildman–Crippen LogP) is 1.23. The summed E-state index contributed by atoms with van der Waals surface area (Å²) in [5.41, 5.74) is 1.62. The Morgan fingerprint density at radius 1 is 1.47 bits per heavy atom. The number of nitro groups is 1. The van der Waals surface area contributed by atoms with Gasteiger partial charge in [-0.1, -0.05) is 0 Å². The molecule has 0 spiro atoms. The second-order valence-corrected chi connectivity index (χ2v) is 4.37. The van der Waals surface area contributed by atoms with Crippen molar-refractivity contribution in [3.05, 3.63) is 34.1 Å². The maximum Gasteiger partial charge on any atom is 0.271 e. The van der Waals surface area contributed by atoms with Crippen molar-refractivity contribution in [3.8, 4) is 0 Å². The minimum atomic E-state index is -0.393. The molecule has 0 unspecified atom stereocenters. The van der Waals surface area contributed by atoms with Gasteiger partial charge in [-0.15, -0.1) is 0 Å². The van der Waals surface area contributed by atoms with Crippen molar-refractivity contribution in [2.75, 3.05) is 13.1 Å². The first-order valence-corrected chi connectivity index (χ1v) is 5.56. The van der Waals surface area contributed by atoms with E-state index in [0.717, 1.165) is 36.4 Å². The van der Waals surface area contributed by atoms with Gasteiger partial charge in [0.15, 0.2) is 0 Å². The van der Waals surface area contributed by atoms with E-state index in [1.807, 2.05) is 0 Å². The van der Waals surface area contributed by atoms with Crippen molar-refractivity contribution in [2.45, 2.75) is 6.42 Å². The van der Waals surface area contributed by atoms with Gasteiger partial charge in [0, 0.05) is 18.6 Å². The number of hydrogen-bond donors (Lipinski definition) is 2. The van der Waals surface area contributed by atoms with Crippen LogP contribution >= 0.6 is 0 Å². The molecule has 1 aromatic carbocycles. The summed E-state index contributed by atoms with van der Waals surface area (Å²) in [4.78, 5) is 17.8. The minimum Gasteiger partial charge on any atom is -0.342 e. The van der Waals surface area contributed by atoms with E-state index < -0.39 is 4.92 Å². The van der Waals surface area contributed by atoms with Gasteiger partial charge in [0.2, 0.25) is 0 Å². The smallest absolute Gasteiger partial charge is 0.271 e. The van der Waals surface area contributed by atoms with Gasteiger partial charge in [-0.2, -0.15) is 0 Å². The van der Waals surface area contributed by atoms with Crippen molar-refractivity contribution >= 4 is 16.7 Å². The molecule has 0 atom stereocenters. The SMILES string of the molecule is O=[N+]([O-])c1ccc2nc(CC3CNC3)[nH]c2c1. The van der Waals surface area contributed by atoms with Crippen LogP contribution in [0.25, 0.3) is 11.0 Å². The van der Waals surface area contributed by atoms with Crippen LogP contribution in [-0.4, -0.2) is 28.0 Å². The fraction of sp³-hybridized carbons (Fsp3) is 0.364. The molecule has 0 saturated carbocycles. The molecule has 6 nitrogen and oxygen atoms in total. The number of non-ortho nitro benzene ring substituents is 1. The van der Waals surface area contributed by atoms with Crippen molar-refractivity contribution in [3.63, 3.8) is 0 Å². The molecule has 0 bridgehead atoms. The molecule has 0 amide bonds. The molecule has 6 heteroatoms. The van der Waals surface area contributed by atoms with E-state index in [-0.39, 0.29) is 5.69 Å². The Balaban J connectivity index is 1.91. The predicted molar refractivity (Wildman–Crippen MR) is 62.8 cm³/mol. The number of rotatable bonds is 3. The summed E-state index contributed by atoms with van der Waals surface area (Å²) in [7, 11) is 0. The van der Waals surface area contributed by atoms with Crippen LogP contribution in [0.2, 0.25) is 0 Å². The zero-order valence-electron chi connectivity index (χ0n) is 9.14. The van der Waals surface area contributed by atoms with E-state index in [1.54, 1.807) is 6.07 Å². The Bertz CT molecular complexity index is 574. The number of imidazole rings is 1. The molecule has 3 rings (SSSR count). The Kier molecular flexibility index (Phi) is 2.29. The van der Waals surface area contributed by atoms with Crippen molar-refractivity contribution < 1.29 is 4.92 Å². The van der Waals surface area contributed by atoms with Crippen LogP contribution < -0.4 is 5.32 Å². The zero-order chi connectivity index (χ0) is 11.8. The van der Waals surface area contributed by atoms with Gasteiger partial charge in [0.05, 0.1) is 16.0 Å². The quantitative estimate of drug-likeness (QED) is 0.615. The molecule has 1 fully saturated rings. The molecular weight excluding hydrogens is 220 g/mol. The number of fused-ring (bicyclic) bond motifs is 1. The van der Waals surface area contributed by atoms with Crippen LogP contribution in [0, 0.1) is 16.0 Å². The number of aromatic amines is 1. The summed E-state index contributed by atoms with van der Waals surface area (Å²) in [6, 6.07) is 4.70. The van der Waals surface area contributed by atoms with E-state index in [1.165, 1.54) is 12.1 Å². The molecule has 2 N–H and O–H groups in total. The Labute approximate surface area is 97.2 Å². The molecule has 2 heterocycles. The third-order valence-corrected chi connectivity index (χ3v) is 3.07. The zero-order valence-corrected chi connectivity index (χ0v) is 9.14. The average molecular weight is 232 g/mol. The van der Waals surface area contributed by atoms with Crippen LogP contribution in [0.15, 0.2) is 18.2 Å². The van der Waals surface area contributed by atoms with Crippen LogP contribution in [0.4, 0.5) is 5.69 Å². The summed E-state index contributed by atoms with van der Waals surface area (Å²) >= 11 is 0. The summed E-state index contributed by atoms with van der Waals surface area (Å²) < 4.78 is 0.